The summed E-state index contributed by atoms with van der Waals surface area (Å²) in [6.07, 6.45) is -5.86. The number of halogens is 5. The van der Waals surface area contributed by atoms with Crippen LogP contribution < -0.4 is 15.5 Å². The number of alkyl halides is 5. The van der Waals surface area contributed by atoms with Gasteiger partial charge < -0.3 is 15.5 Å². The number of fused-ring (bicyclic) bond motifs is 3. The Labute approximate surface area is 198 Å². The molecule has 2 N–H and O–H groups in total. The molecule has 2 aromatic rings. The molecule has 0 fully saturated rings. The summed E-state index contributed by atoms with van der Waals surface area (Å²) in [4.78, 5) is 40.3. The average molecular weight is 497 g/mol. The molecule has 188 valence electrons. The molecule has 0 bridgehead atoms. The Bertz CT molecular complexity index is 1130. The van der Waals surface area contributed by atoms with E-state index in [1.807, 2.05) is 6.07 Å². The second kappa shape index (κ2) is 9.63. The number of hydrogen-bond donors (Lipinski definition) is 2. The van der Waals surface area contributed by atoms with Gasteiger partial charge in [-0.2, -0.15) is 22.0 Å². The van der Waals surface area contributed by atoms with Crippen LogP contribution in [-0.4, -0.2) is 43.4 Å². The summed E-state index contributed by atoms with van der Waals surface area (Å²) < 4.78 is 63.9. The van der Waals surface area contributed by atoms with E-state index in [1.54, 1.807) is 42.5 Å². The summed E-state index contributed by atoms with van der Waals surface area (Å²) in [5.41, 5.74) is 2.45. The molecule has 0 radical (unpaired) electrons. The second-order valence-electron chi connectivity index (χ2n) is 8.58. The zero-order valence-corrected chi connectivity index (χ0v) is 19.1. The van der Waals surface area contributed by atoms with Crippen LogP contribution in [0, 0.1) is 11.8 Å². The summed E-state index contributed by atoms with van der Waals surface area (Å²) in [5.74, 6) is -10.3. The molecule has 0 aliphatic carbocycles. The SMILES string of the molecule is CC(C)C(C(=O)NCC(F)(F)C(F)(F)F)C(=O)NC1C(=O)N(C)c2ccccc2-c2ccccc21. The van der Waals surface area contributed by atoms with E-state index in [2.05, 4.69) is 5.32 Å². The number of benzene rings is 2. The van der Waals surface area contributed by atoms with Gasteiger partial charge in [-0.3, -0.25) is 14.4 Å². The molecule has 0 aromatic heterocycles. The van der Waals surface area contributed by atoms with E-state index in [1.165, 1.54) is 31.1 Å². The highest BCUT2D eigenvalue weighted by atomic mass is 19.4. The molecule has 0 spiro atoms. The number of amides is 3. The number of para-hydroxylation sites is 1. The van der Waals surface area contributed by atoms with Crippen molar-refractivity contribution in [3.63, 3.8) is 0 Å². The van der Waals surface area contributed by atoms with Crippen LogP contribution in [0.25, 0.3) is 11.1 Å². The molecule has 35 heavy (non-hydrogen) atoms. The van der Waals surface area contributed by atoms with E-state index < -0.39 is 54.2 Å². The minimum absolute atomic E-state index is 0.453. The smallest absolute Gasteiger partial charge is 0.349 e. The molecule has 1 aliphatic rings. The van der Waals surface area contributed by atoms with E-state index in [0.29, 0.717) is 16.8 Å². The average Bonchev–Trinajstić information content (AvgIpc) is 2.87. The highest BCUT2D eigenvalue weighted by molar-refractivity contribution is 6.08. The fourth-order valence-corrected chi connectivity index (χ4v) is 3.94. The highest BCUT2D eigenvalue weighted by Crippen LogP contribution is 2.39. The lowest BCUT2D eigenvalue weighted by molar-refractivity contribution is -0.278. The van der Waals surface area contributed by atoms with Crippen LogP contribution in [0.4, 0.5) is 27.6 Å². The first kappa shape index (κ1) is 26.1. The molecule has 11 heteroatoms. The molecule has 0 saturated heterocycles. The van der Waals surface area contributed by atoms with Crippen molar-refractivity contribution in [1.29, 1.82) is 0 Å². The molecule has 3 rings (SSSR count). The normalized spacial score (nSPS) is 16.8. The van der Waals surface area contributed by atoms with E-state index in [0.717, 1.165) is 5.56 Å². The van der Waals surface area contributed by atoms with Gasteiger partial charge in [0.2, 0.25) is 11.8 Å². The third-order valence-corrected chi connectivity index (χ3v) is 5.82. The lowest BCUT2D eigenvalue weighted by Crippen LogP contribution is -2.52. The highest BCUT2D eigenvalue weighted by Gasteiger charge is 2.57. The van der Waals surface area contributed by atoms with Crippen LogP contribution in [-0.2, 0) is 14.4 Å². The number of rotatable bonds is 6. The molecular weight excluding hydrogens is 473 g/mol. The number of carbonyl (C=O) groups is 3. The van der Waals surface area contributed by atoms with Crippen molar-refractivity contribution in [2.75, 3.05) is 18.5 Å². The summed E-state index contributed by atoms with van der Waals surface area (Å²) >= 11 is 0. The molecule has 1 aliphatic heterocycles. The minimum atomic E-state index is -5.86. The number of anilines is 1. The third-order valence-electron chi connectivity index (χ3n) is 5.82. The molecule has 1 heterocycles. The van der Waals surface area contributed by atoms with Crippen LogP contribution in [0.3, 0.4) is 0 Å². The minimum Gasteiger partial charge on any atom is -0.349 e. The van der Waals surface area contributed by atoms with Crippen molar-refractivity contribution >= 4 is 23.4 Å². The molecular formula is C24H24F5N3O3. The predicted molar refractivity (Wildman–Crippen MR) is 119 cm³/mol. The van der Waals surface area contributed by atoms with Crippen molar-refractivity contribution in [2.45, 2.75) is 32.0 Å². The van der Waals surface area contributed by atoms with Gasteiger partial charge in [-0.15, -0.1) is 0 Å². The Hall–Kier alpha value is -3.50. The van der Waals surface area contributed by atoms with Crippen molar-refractivity contribution in [3.05, 3.63) is 54.1 Å². The number of nitrogens with zero attached hydrogens (tertiary/aromatic N) is 1. The standard InChI is InChI=1S/C24H24F5N3O3/c1-13(2)18(20(33)30-12-23(25,26)24(27,28)29)21(34)31-19-16-10-5-4-8-14(16)15-9-6-7-11-17(15)32(3)22(19)35/h4-11,13,18-19H,12H2,1-3H3,(H,30,33)(H,31,34). The van der Waals surface area contributed by atoms with Gasteiger partial charge in [0.1, 0.15) is 12.0 Å². The second-order valence-corrected chi connectivity index (χ2v) is 8.58. The van der Waals surface area contributed by atoms with Crippen molar-refractivity contribution < 1.29 is 36.3 Å². The zero-order valence-electron chi connectivity index (χ0n) is 19.1. The number of likely N-dealkylation sites (N-methyl/N-ethyl adjacent to an activating group) is 1. The molecule has 2 unspecified atom stereocenters. The van der Waals surface area contributed by atoms with E-state index in [-0.39, 0.29) is 0 Å². The van der Waals surface area contributed by atoms with Gasteiger partial charge in [-0.05, 0) is 23.1 Å². The molecule has 0 saturated carbocycles. The summed E-state index contributed by atoms with van der Waals surface area (Å²) in [5, 5.41) is 4.05. The van der Waals surface area contributed by atoms with Crippen LogP contribution in [0.2, 0.25) is 0 Å². The molecule has 2 atom stereocenters. The quantitative estimate of drug-likeness (QED) is 0.467. The Morgan fingerprint density at radius 3 is 2.11 bits per heavy atom. The van der Waals surface area contributed by atoms with Crippen LogP contribution in [0.15, 0.2) is 48.5 Å². The molecule has 6 nitrogen and oxygen atoms in total. The monoisotopic (exact) mass is 497 g/mol. The lowest BCUT2D eigenvalue weighted by Gasteiger charge is -2.27. The van der Waals surface area contributed by atoms with E-state index in [4.69, 9.17) is 0 Å². The van der Waals surface area contributed by atoms with Gasteiger partial charge in [0.05, 0.1) is 12.2 Å². The van der Waals surface area contributed by atoms with Crippen LogP contribution in [0.1, 0.15) is 25.5 Å². The fraction of sp³-hybridized carbons (Fsp3) is 0.375. The Morgan fingerprint density at radius 2 is 1.51 bits per heavy atom. The fourth-order valence-electron chi connectivity index (χ4n) is 3.94. The van der Waals surface area contributed by atoms with Gasteiger partial charge in [0, 0.05) is 12.6 Å². The first-order valence-corrected chi connectivity index (χ1v) is 10.7. The maximum atomic E-state index is 13.3. The van der Waals surface area contributed by atoms with Crippen molar-refractivity contribution in [2.24, 2.45) is 11.8 Å². The lowest BCUT2D eigenvalue weighted by atomic mass is 9.91. The van der Waals surface area contributed by atoms with Crippen molar-refractivity contribution in [3.8, 4) is 11.1 Å². The van der Waals surface area contributed by atoms with Gasteiger partial charge >= 0.3 is 12.1 Å². The molecule has 3 amide bonds. The number of hydrogen-bond acceptors (Lipinski definition) is 3. The Morgan fingerprint density at radius 1 is 0.943 bits per heavy atom. The summed E-state index contributed by atoms with van der Waals surface area (Å²) in [7, 11) is 1.53. The van der Waals surface area contributed by atoms with Gasteiger partial charge in [0.25, 0.3) is 5.91 Å². The van der Waals surface area contributed by atoms with Crippen molar-refractivity contribution in [1.82, 2.24) is 10.6 Å². The van der Waals surface area contributed by atoms with Crippen LogP contribution in [0.5, 0.6) is 0 Å². The van der Waals surface area contributed by atoms with Gasteiger partial charge in [-0.25, -0.2) is 0 Å². The number of nitrogens with one attached hydrogen (secondary N) is 2. The van der Waals surface area contributed by atoms with Gasteiger partial charge in [-0.1, -0.05) is 56.3 Å². The summed E-state index contributed by atoms with van der Waals surface area (Å²) in [6.45, 7) is 0.877. The topological polar surface area (TPSA) is 78.5 Å². The number of carbonyl (C=O) groups excluding carboxylic acids is 3. The largest absolute Gasteiger partial charge is 0.455 e. The maximum absolute atomic E-state index is 13.3. The van der Waals surface area contributed by atoms with E-state index in [9.17, 15) is 36.3 Å². The molecule has 2 aromatic carbocycles. The zero-order chi connectivity index (χ0) is 26.1. The van der Waals surface area contributed by atoms with Gasteiger partial charge in [0.15, 0.2) is 0 Å². The van der Waals surface area contributed by atoms with E-state index >= 15 is 0 Å². The predicted octanol–water partition coefficient (Wildman–Crippen LogP) is 4.07. The maximum Gasteiger partial charge on any atom is 0.455 e. The summed E-state index contributed by atoms with van der Waals surface area (Å²) in [6, 6.07) is 12.7. The third kappa shape index (κ3) is 5.13. The Kier molecular flexibility index (Phi) is 7.18. The van der Waals surface area contributed by atoms with Crippen LogP contribution >= 0.6 is 0 Å². The first-order valence-electron chi connectivity index (χ1n) is 10.7. The Balaban J connectivity index is 1.89. The first-order chi connectivity index (χ1) is 16.3.